The van der Waals surface area contributed by atoms with Gasteiger partial charge < -0.3 is 4.74 Å². The molecule has 1 heteroatoms. The lowest BCUT2D eigenvalue weighted by molar-refractivity contribution is 0.148. The van der Waals surface area contributed by atoms with Crippen molar-refractivity contribution in [3.63, 3.8) is 0 Å². The largest absolute Gasteiger partial charge is 0.373 e. The Hall–Kier alpha value is -1.08. The second-order valence-electron chi connectivity index (χ2n) is 3.97. The molecule has 0 N–H and O–H groups in total. The quantitative estimate of drug-likeness (QED) is 0.466. The summed E-state index contributed by atoms with van der Waals surface area (Å²) in [6.45, 7) is 3.66. The molecule has 0 fully saturated rings. The Balaban J connectivity index is 1.99. The van der Waals surface area contributed by atoms with Crippen LogP contribution in [0.3, 0.4) is 0 Å². The minimum Gasteiger partial charge on any atom is -0.373 e. The molecule has 0 saturated carbocycles. The fraction of sp³-hybridized carbons (Fsp3) is 0.467. The molecule has 1 rings (SSSR count). The van der Waals surface area contributed by atoms with Crippen LogP contribution in [0.5, 0.6) is 0 Å². The molecule has 0 unspecified atom stereocenters. The molecule has 0 aromatic heterocycles. The first kappa shape index (κ1) is 13.0. The Bertz CT molecular complexity index is 277. The van der Waals surface area contributed by atoms with Crippen LogP contribution in [0.15, 0.2) is 42.5 Å². The molecular weight excluding hydrogens is 196 g/mol. The van der Waals surface area contributed by atoms with Crippen molar-refractivity contribution in [2.24, 2.45) is 0 Å². The normalized spacial score (nSPS) is 11.1. The lowest BCUT2D eigenvalue weighted by atomic mass is 10.2. The number of rotatable bonds is 8. The molecule has 0 amide bonds. The molecule has 0 spiro atoms. The zero-order chi connectivity index (χ0) is 11.5. The molecular formula is C15H22O. The van der Waals surface area contributed by atoms with Gasteiger partial charge in [0.25, 0.3) is 0 Å². The van der Waals surface area contributed by atoms with E-state index in [4.69, 9.17) is 4.74 Å². The first-order valence-electron chi connectivity index (χ1n) is 6.20. The van der Waals surface area contributed by atoms with Crippen molar-refractivity contribution >= 4 is 0 Å². The zero-order valence-corrected chi connectivity index (χ0v) is 10.2. The van der Waals surface area contributed by atoms with Gasteiger partial charge in [0, 0.05) is 0 Å². The second-order valence-corrected chi connectivity index (χ2v) is 3.97. The van der Waals surface area contributed by atoms with Gasteiger partial charge in [-0.15, -0.1) is 0 Å². The van der Waals surface area contributed by atoms with Gasteiger partial charge in [-0.3, -0.25) is 0 Å². The number of unbranched alkanes of at least 4 members (excludes halogenated alkanes) is 3. The van der Waals surface area contributed by atoms with Gasteiger partial charge in [0.05, 0.1) is 13.2 Å². The van der Waals surface area contributed by atoms with Crippen LogP contribution in [0.2, 0.25) is 0 Å². The molecule has 1 aromatic carbocycles. The average molecular weight is 218 g/mol. The van der Waals surface area contributed by atoms with Gasteiger partial charge in [-0.25, -0.2) is 0 Å². The van der Waals surface area contributed by atoms with Crippen molar-refractivity contribution in [2.75, 3.05) is 6.61 Å². The van der Waals surface area contributed by atoms with E-state index in [9.17, 15) is 0 Å². The van der Waals surface area contributed by atoms with Crippen LogP contribution < -0.4 is 0 Å². The highest BCUT2D eigenvalue weighted by Gasteiger charge is 1.88. The monoisotopic (exact) mass is 218 g/mol. The van der Waals surface area contributed by atoms with Crippen LogP contribution in [-0.4, -0.2) is 6.61 Å². The Kier molecular flexibility index (Phi) is 7.44. The predicted molar refractivity (Wildman–Crippen MR) is 69.4 cm³/mol. The smallest absolute Gasteiger partial charge is 0.0721 e. The van der Waals surface area contributed by atoms with E-state index in [0.29, 0.717) is 6.61 Å². The van der Waals surface area contributed by atoms with Crippen molar-refractivity contribution in [1.82, 2.24) is 0 Å². The third-order valence-corrected chi connectivity index (χ3v) is 2.47. The summed E-state index contributed by atoms with van der Waals surface area (Å²) in [4.78, 5) is 0. The van der Waals surface area contributed by atoms with Crippen molar-refractivity contribution < 1.29 is 4.74 Å². The van der Waals surface area contributed by atoms with Crippen molar-refractivity contribution in [3.8, 4) is 0 Å². The topological polar surface area (TPSA) is 9.23 Å². The lowest BCUT2D eigenvalue weighted by Crippen LogP contribution is -1.91. The third-order valence-electron chi connectivity index (χ3n) is 2.47. The van der Waals surface area contributed by atoms with E-state index < -0.39 is 0 Å². The molecule has 0 bridgehead atoms. The van der Waals surface area contributed by atoms with Crippen LogP contribution >= 0.6 is 0 Å². The van der Waals surface area contributed by atoms with Crippen LogP contribution in [0.1, 0.15) is 38.2 Å². The van der Waals surface area contributed by atoms with Gasteiger partial charge >= 0.3 is 0 Å². The number of hydrogen-bond acceptors (Lipinski definition) is 1. The predicted octanol–water partition coefficient (Wildman–Crippen LogP) is 4.34. The highest BCUT2D eigenvalue weighted by Crippen LogP contribution is 2.01. The highest BCUT2D eigenvalue weighted by atomic mass is 16.5. The number of ether oxygens (including phenoxy) is 1. The third kappa shape index (κ3) is 6.41. The first-order valence-corrected chi connectivity index (χ1v) is 6.20. The maximum atomic E-state index is 5.54. The molecule has 0 radical (unpaired) electrons. The first-order chi connectivity index (χ1) is 7.93. The highest BCUT2D eigenvalue weighted by molar-refractivity contribution is 5.13. The summed E-state index contributed by atoms with van der Waals surface area (Å²) in [5.41, 5.74) is 1.24. The maximum Gasteiger partial charge on any atom is 0.0721 e. The van der Waals surface area contributed by atoms with E-state index in [2.05, 4.69) is 31.2 Å². The molecule has 88 valence electrons. The summed E-state index contributed by atoms with van der Waals surface area (Å²) < 4.78 is 5.54. The number of benzene rings is 1. The zero-order valence-electron chi connectivity index (χ0n) is 10.2. The number of hydrogen-bond donors (Lipinski definition) is 0. The van der Waals surface area contributed by atoms with Gasteiger partial charge in [-0.1, -0.05) is 62.2 Å². The average Bonchev–Trinajstić information content (AvgIpc) is 2.34. The van der Waals surface area contributed by atoms with Gasteiger partial charge in [-0.2, -0.15) is 0 Å². The summed E-state index contributed by atoms with van der Waals surface area (Å²) >= 11 is 0. The van der Waals surface area contributed by atoms with Crippen molar-refractivity contribution in [1.29, 1.82) is 0 Å². The summed E-state index contributed by atoms with van der Waals surface area (Å²) in [7, 11) is 0. The van der Waals surface area contributed by atoms with E-state index in [1.807, 2.05) is 18.2 Å². The second kappa shape index (κ2) is 9.17. The molecule has 1 aromatic rings. The SMILES string of the molecule is CCCCC/C=C/COCc1ccccc1. The summed E-state index contributed by atoms with van der Waals surface area (Å²) in [6.07, 6.45) is 9.45. The van der Waals surface area contributed by atoms with Gasteiger partial charge in [0.15, 0.2) is 0 Å². The lowest BCUT2D eigenvalue weighted by Gasteiger charge is -2.00. The summed E-state index contributed by atoms with van der Waals surface area (Å²) in [6, 6.07) is 10.3. The van der Waals surface area contributed by atoms with Gasteiger partial charge in [0.2, 0.25) is 0 Å². The maximum absolute atomic E-state index is 5.54. The molecule has 0 aliphatic carbocycles. The van der Waals surface area contributed by atoms with Gasteiger partial charge in [-0.05, 0) is 18.4 Å². The van der Waals surface area contributed by atoms with E-state index >= 15 is 0 Å². The Labute approximate surface area is 99.1 Å². The minimum absolute atomic E-state index is 0.708. The van der Waals surface area contributed by atoms with Crippen molar-refractivity contribution in [3.05, 3.63) is 48.0 Å². The molecule has 1 nitrogen and oxygen atoms in total. The molecule has 16 heavy (non-hydrogen) atoms. The van der Waals surface area contributed by atoms with E-state index in [1.165, 1.54) is 31.2 Å². The van der Waals surface area contributed by atoms with Crippen LogP contribution in [0.25, 0.3) is 0 Å². The Morgan fingerprint density at radius 1 is 1.06 bits per heavy atom. The molecule has 0 heterocycles. The Morgan fingerprint density at radius 2 is 1.88 bits per heavy atom. The standard InChI is InChI=1S/C15H22O/c1-2-3-4-5-6-10-13-16-14-15-11-8-7-9-12-15/h6-12H,2-5,13-14H2,1H3/b10-6+. The fourth-order valence-corrected chi connectivity index (χ4v) is 1.52. The van der Waals surface area contributed by atoms with E-state index in [-0.39, 0.29) is 0 Å². The molecule has 0 atom stereocenters. The van der Waals surface area contributed by atoms with Crippen molar-refractivity contribution in [2.45, 2.75) is 39.2 Å². The van der Waals surface area contributed by atoms with Gasteiger partial charge in [0.1, 0.15) is 0 Å². The van der Waals surface area contributed by atoms with E-state index in [0.717, 1.165) is 6.61 Å². The molecule has 0 saturated heterocycles. The minimum atomic E-state index is 0.708. The molecule has 0 aliphatic heterocycles. The van der Waals surface area contributed by atoms with E-state index in [1.54, 1.807) is 0 Å². The molecule has 0 aliphatic rings. The van der Waals surface area contributed by atoms with Crippen LogP contribution in [-0.2, 0) is 11.3 Å². The van der Waals surface area contributed by atoms with Crippen LogP contribution in [0.4, 0.5) is 0 Å². The summed E-state index contributed by atoms with van der Waals surface area (Å²) in [5.74, 6) is 0. The fourth-order valence-electron chi connectivity index (χ4n) is 1.52. The summed E-state index contributed by atoms with van der Waals surface area (Å²) in [5, 5.41) is 0. The Morgan fingerprint density at radius 3 is 2.62 bits per heavy atom. The van der Waals surface area contributed by atoms with Crippen LogP contribution in [0, 0.1) is 0 Å². The number of allylic oxidation sites excluding steroid dienone is 1.